The van der Waals surface area contributed by atoms with Crippen LogP contribution in [-0.4, -0.2) is 62.8 Å². The van der Waals surface area contributed by atoms with Crippen LogP contribution in [0.1, 0.15) is 0 Å². The molecule has 0 fully saturated rings. The maximum Gasteiger partial charge on any atom is 0.136 e. The van der Waals surface area contributed by atoms with Gasteiger partial charge in [0.1, 0.15) is 73.9 Å². The van der Waals surface area contributed by atoms with E-state index >= 15 is 0 Å². The third kappa shape index (κ3) is 5.23. The molecule has 16 radical (unpaired) electrons. The standard InChI is InChI=1S/C50H22B8O/c51-43-39-37(26-14-9-23(10-15-26)29-16-13-25-12-11-24-5-3-4-8-31(24)32(25)19-29)40-42(46(54)50(58)48(56)44(40)52)38(41(39)45(53)49(57)47(43)55)30-17-18-35-33(21-30)34-20-27-6-1-2-7-28(27)22-36(34)59-35/h1-22H. The number of hydrogen-bond acceptors (Lipinski definition) is 1. The molecular weight excluding hydrogens is 703 g/mol. The van der Waals surface area contributed by atoms with E-state index in [4.69, 9.17) is 67.2 Å². The van der Waals surface area contributed by atoms with Crippen LogP contribution in [0.15, 0.2) is 138 Å². The highest BCUT2D eigenvalue weighted by Crippen LogP contribution is 2.43. The van der Waals surface area contributed by atoms with Crippen LogP contribution in [0.4, 0.5) is 0 Å². The van der Waals surface area contributed by atoms with Crippen molar-refractivity contribution in [3.05, 3.63) is 133 Å². The zero-order chi connectivity index (χ0) is 40.4. The summed E-state index contributed by atoms with van der Waals surface area (Å²) in [5, 5.41) is 11.0. The summed E-state index contributed by atoms with van der Waals surface area (Å²) in [7, 11) is 54.8. The summed E-state index contributed by atoms with van der Waals surface area (Å²) in [6, 6.07) is 45.8. The van der Waals surface area contributed by atoms with Gasteiger partial charge in [-0.3, -0.25) is 0 Å². The predicted octanol–water partition coefficient (Wildman–Crippen LogP) is 4.70. The van der Waals surface area contributed by atoms with Gasteiger partial charge >= 0.3 is 0 Å². The van der Waals surface area contributed by atoms with Crippen LogP contribution in [0.5, 0.6) is 0 Å². The third-order valence-corrected chi connectivity index (χ3v) is 12.2. The molecule has 9 heteroatoms. The van der Waals surface area contributed by atoms with E-state index in [1.54, 1.807) is 0 Å². The van der Waals surface area contributed by atoms with Gasteiger partial charge in [-0.25, -0.2) is 0 Å². The zero-order valence-corrected chi connectivity index (χ0v) is 31.7. The summed E-state index contributed by atoms with van der Waals surface area (Å²) < 4.78 is 6.38. The van der Waals surface area contributed by atoms with E-state index < -0.39 is 0 Å². The fraction of sp³-hybridized carbons (Fsp3) is 0. The highest BCUT2D eigenvalue weighted by Gasteiger charge is 2.25. The Hall–Kier alpha value is -6.18. The van der Waals surface area contributed by atoms with Gasteiger partial charge in [-0.15, -0.1) is 21.9 Å². The molecule has 0 aliphatic carbocycles. The average molecular weight is 725 g/mol. The molecule has 0 unspecified atom stereocenters. The molecule has 0 saturated heterocycles. The van der Waals surface area contributed by atoms with Crippen LogP contribution >= 0.6 is 0 Å². The van der Waals surface area contributed by atoms with Gasteiger partial charge in [-0.05, 0) is 118 Å². The number of benzene rings is 10. The molecule has 0 N–H and O–H groups in total. The maximum absolute atomic E-state index is 7.04. The highest BCUT2D eigenvalue weighted by molar-refractivity contribution is 6.71. The summed E-state index contributed by atoms with van der Waals surface area (Å²) in [4.78, 5) is 0. The molecule has 1 heterocycles. The second kappa shape index (κ2) is 13.2. The maximum atomic E-state index is 7.04. The quantitative estimate of drug-likeness (QED) is 0.146. The van der Waals surface area contributed by atoms with Gasteiger partial charge in [0.05, 0.1) is 0 Å². The van der Waals surface area contributed by atoms with Crippen LogP contribution in [0.25, 0.3) is 109 Å². The molecule has 252 valence electrons. The SMILES string of the molecule is [B]c1c([B])c([B])c2c(-c3ccc4oc5cc6ccccc6cc5c4c3)c3c([B])c([B])c([B])c([B])c3c(-c3ccc(-c4ccc5ccc6ccccc6c5c4)cc3)c2c1[B]. The minimum Gasteiger partial charge on any atom is -0.456 e. The van der Waals surface area contributed by atoms with Crippen molar-refractivity contribution in [1.29, 1.82) is 0 Å². The molecule has 0 bridgehead atoms. The third-order valence-electron chi connectivity index (χ3n) is 12.2. The lowest BCUT2D eigenvalue weighted by atomic mass is 9.59. The average Bonchev–Trinajstić information content (AvgIpc) is 3.63. The minimum atomic E-state index is 0.164. The van der Waals surface area contributed by atoms with Gasteiger partial charge in [0.15, 0.2) is 0 Å². The van der Waals surface area contributed by atoms with Gasteiger partial charge in [-0.2, -0.15) is 0 Å². The molecule has 0 spiro atoms. The van der Waals surface area contributed by atoms with Gasteiger partial charge in [0.2, 0.25) is 0 Å². The Morgan fingerprint density at radius 1 is 0.271 bits per heavy atom. The Kier molecular flexibility index (Phi) is 8.02. The normalized spacial score (nSPS) is 11.9. The first kappa shape index (κ1) is 35.9. The number of fused-ring (bicyclic) bond motifs is 9. The molecule has 0 saturated carbocycles. The second-order valence-corrected chi connectivity index (χ2v) is 15.4. The second-order valence-electron chi connectivity index (χ2n) is 15.4. The van der Waals surface area contributed by atoms with Crippen molar-refractivity contribution < 1.29 is 4.42 Å². The van der Waals surface area contributed by atoms with E-state index in [2.05, 4.69) is 97.1 Å². The highest BCUT2D eigenvalue weighted by atomic mass is 16.3. The first-order valence-electron chi connectivity index (χ1n) is 19.2. The van der Waals surface area contributed by atoms with Crippen LogP contribution in [0.3, 0.4) is 0 Å². The molecule has 0 amide bonds. The number of hydrogen-bond donors (Lipinski definition) is 0. The van der Waals surface area contributed by atoms with Crippen molar-refractivity contribution in [2.24, 2.45) is 0 Å². The summed E-state index contributed by atoms with van der Waals surface area (Å²) in [5.74, 6) is 0. The van der Waals surface area contributed by atoms with Crippen LogP contribution in [0.2, 0.25) is 0 Å². The molecule has 0 aliphatic heterocycles. The predicted molar refractivity (Wildman–Crippen MR) is 261 cm³/mol. The summed E-state index contributed by atoms with van der Waals surface area (Å²) in [5.41, 5.74) is 8.10. The molecule has 11 aromatic rings. The van der Waals surface area contributed by atoms with Gasteiger partial charge in [0.25, 0.3) is 0 Å². The fourth-order valence-electron chi connectivity index (χ4n) is 9.15. The largest absolute Gasteiger partial charge is 0.456 e. The first-order valence-corrected chi connectivity index (χ1v) is 19.2. The minimum absolute atomic E-state index is 0.164. The van der Waals surface area contributed by atoms with Gasteiger partial charge in [-0.1, -0.05) is 125 Å². The summed E-state index contributed by atoms with van der Waals surface area (Å²) in [6.07, 6.45) is 0. The topological polar surface area (TPSA) is 13.1 Å². The molecule has 59 heavy (non-hydrogen) atoms. The van der Waals surface area contributed by atoms with Crippen molar-refractivity contribution in [1.82, 2.24) is 0 Å². The van der Waals surface area contributed by atoms with Gasteiger partial charge in [0, 0.05) is 10.8 Å². The van der Waals surface area contributed by atoms with E-state index in [9.17, 15) is 0 Å². The lowest BCUT2D eigenvalue weighted by molar-refractivity contribution is 0.669. The van der Waals surface area contributed by atoms with E-state index in [0.29, 0.717) is 32.7 Å². The van der Waals surface area contributed by atoms with Crippen molar-refractivity contribution in [3.63, 3.8) is 0 Å². The molecule has 0 atom stereocenters. The smallest absolute Gasteiger partial charge is 0.136 e. The zero-order valence-electron chi connectivity index (χ0n) is 31.7. The molecule has 10 aromatic carbocycles. The molecule has 1 nitrogen and oxygen atoms in total. The van der Waals surface area contributed by atoms with Crippen LogP contribution in [-0.2, 0) is 0 Å². The molecule has 11 rings (SSSR count). The van der Waals surface area contributed by atoms with Crippen molar-refractivity contribution in [2.75, 3.05) is 0 Å². The van der Waals surface area contributed by atoms with Crippen LogP contribution < -0.4 is 43.7 Å². The number of furan rings is 1. The van der Waals surface area contributed by atoms with E-state index in [0.717, 1.165) is 55.0 Å². The van der Waals surface area contributed by atoms with Crippen LogP contribution in [0, 0.1) is 0 Å². The van der Waals surface area contributed by atoms with E-state index in [-0.39, 0.29) is 43.7 Å². The summed E-state index contributed by atoms with van der Waals surface area (Å²) in [6.45, 7) is 0. The first-order chi connectivity index (χ1) is 28.6. The summed E-state index contributed by atoms with van der Waals surface area (Å²) >= 11 is 0. The van der Waals surface area contributed by atoms with E-state index in [1.807, 2.05) is 36.4 Å². The van der Waals surface area contributed by atoms with Crippen molar-refractivity contribution >= 4 is 182 Å². The van der Waals surface area contributed by atoms with Crippen molar-refractivity contribution in [3.8, 4) is 33.4 Å². The number of rotatable bonds is 3. The Labute approximate surface area is 351 Å². The molecular formula is C50H22B8O. The van der Waals surface area contributed by atoms with E-state index in [1.165, 1.54) is 21.5 Å². The lowest BCUT2D eigenvalue weighted by Crippen LogP contribution is -2.50. The Bertz CT molecular complexity index is 3560. The lowest BCUT2D eigenvalue weighted by Gasteiger charge is -2.28. The Morgan fingerprint density at radius 3 is 1.31 bits per heavy atom. The Balaban J connectivity index is 1.21. The molecule has 0 aliphatic rings. The fourth-order valence-corrected chi connectivity index (χ4v) is 9.15. The molecule has 1 aromatic heterocycles. The Morgan fingerprint density at radius 2 is 0.695 bits per heavy atom. The monoisotopic (exact) mass is 726 g/mol. The van der Waals surface area contributed by atoms with Crippen molar-refractivity contribution in [2.45, 2.75) is 0 Å². The van der Waals surface area contributed by atoms with Gasteiger partial charge < -0.3 is 4.42 Å².